The number of rotatable bonds is 6. The number of aromatic nitrogens is 2. The summed E-state index contributed by atoms with van der Waals surface area (Å²) in [6.07, 6.45) is 0.893. The maximum absolute atomic E-state index is 12.7. The van der Waals surface area contributed by atoms with Crippen LogP contribution in [0.1, 0.15) is 32.2 Å². The summed E-state index contributed by atoms with van der Waals surface area (Å²) in [5.74, 6) is -0.225. The maximum atomic E-state index is 12.7. The predicted molar refractivity (Wildman–Crippen MR) is 131 cm³/mol. The number of carbonyl (C=O) groups is 2. The highest BCUT2D eigenvalue weighted by atomic mass is 32.2. The third kappa shape index (κ3) is 5.79. The monoisotopic (exact) mass is 490 g/mol. The summed E-state index contributed by atoms with van der Waals surface area (Å²) in [5.41, 5.74) is 4.61. The molecule has 2 N–H and O–H groups in total. The summed E-state index contributed by atoms with van der Waals surface area (Å²) < 4.78 is 30.0. The van der Waals surface area contributed by atoms with Crippen molar-refractivity contribution in [2.45, 2.75) is 13.8 Å². The number of nitrogens with zero attached hydrogens (tertiary/aromatic N) is 2. The van der Waals surface area contributed by atoms with Gasteiger partial charge in [0.25, 0.3) is 11.8 Å². The quantitative estimate of drug-likeness (QED) is 0.418. The van der Waals surface area contributed by atoms with Gasteiger partial charge in [-0.3, -0.25) is 9.59 Å². The molecule has 0 fully saturated rings. The summed E-state index contributed by atoms with van der Waals surface area (Å²) >= 11 is 0. The average Bonchev–Trinajstić information content (AvgIpc) is 3.25. The number of amides is 2. The Morgan fingerprint density at radius 2 is 1.54 bits per heavy atom. The van der Waals surface area contributed by atoms with Gasteiger partial charge in [-0.15, -0.1) is 10.2 Å². The predicted octanol–water partition coefficient (Wildman–Crippen LogP) is 3.96. The molecular formula is C25H22N4O5S. The molecule has 1 aromatic heterocycles. The Hall–Kier alpha value is -4.31. The fraction of sp³-hybridized carbons (Fsp3) is 0.120. The number of benzene rings is 3. The van der Waals surface area contributed by atoms with Crippen LogP contribution < -0.4 is 10.0 Å². The van der Waals surface area contributed by atoms with Crippen LogP contribution >= 0.6 is 0 Å². The van der Waals surface area contributed by atoms with Crippen molar-refractivity contribution < 1.29 is 22.4 Å². The molecule has 4 rings (SSSR count). The standard InChI is InChI=1S/C25H22N4O5S/c1-15-7-8-20(25-28-27-16(2)34-25)14-22(15)17-9-11-18(12-10-17)23(30)26-21-6-4-5-19(13-21)24(31)29-35(3,32)33/h4-14H,1-3H3,(H,26,30)(H,29,31). The van der Waals surface area contributed by atoms with Crippen LogP contribution in [-0.4, -0.2) is 36.7 Å². The minimum Gasteiger partial charge on any atom is -0.421 e. The molecule has 0 unspecified atom stereocenters. The van der Waals surface area contributed by atoms with Gasteiger partial charge in [0.15, 0.2) is 0 Å². The molecule has 2 amide bonds. The van der Waals surface area contributed by atoms with Gasteiger partial charge in [0, 0.05) is 29.3 Å². The number of aryl methyl sites for hydroxylation is 2. The summed E-state index contributed by atoms with van der Waals surface area (Å²) in [6.45, 7) is 3.72. The molecule has 0 spiro atoms. The summed E-state index contributed by atoms with van der Waals surface area (Å²) in [4.78, 5) is 24.8. The van der Waals surface area contributed by atoms with Gasteiger partial charge in [-0.05, 0) is 66.1 Å². The van der Waals surface area contributed by atoms with Crippen LogP contribution in [0.4, 0.5) is 5.69 Å². The molecular weight excluding hydrogens is 468 g/mol. The Kier molecular flexibility index (Phi) is 6.48. The second-order valence-corrected chi connectivity index (χ2v) is 9.72. The van der Waals surface area contributed by atoms with Gasteiger partial charge in [-0.2, -0.15) is 0 Å². The first-order valence-corrected chi connectivity index (χ1v) is 12.4. The van der Waals surface area contributed by atoms with E-state index in [-0.39, 0.29) is 11.5 Å². The van der Waals surface area contributed by atoms with Crippen molar-refractivity contribution in [2.24, 2.45) is 0 Å². The first kappa shape index (κ1) is 23.8. The van der Waals surface area contributed by atoms with E-state index in [0.717, 1.165) is 28.5 Å². The zero-order chi connectivity index (χ0) is 25.2. The molecule has 0 radical (unpaired) electrons. The van der Waals surface area contributed by atoms with E-state index < -0.39 is 15.9 Å². The lowest BCUT2D eigenvalue weighted by Crippen LogP contribution is -2.29. The van der Waals surface area contributed by atoms with Crippen molar-refractivity contribution in [3.63, 3.8) is 0 Å². The highest BCUT2D eigenvalue weighted by molar-refractivity contribution is 7.89. The molecule has 178 valence electrons. The van der Waals surface area contributed by atoms with E-state index in [0.29, 0.717) is 23.0 Å². The number of anilines is 1. The molecule has 4 aromatic rings. The number of hydrogen-bond acceptors (Lipinski definition) is 7. The minimum absolute atomic E-state index is 0.107. The average molecular weight is 491 g/mol. The summed E-state index contributed by atoms with van der Waals surface area (Å²) in [6, 6.07) is 19.0. The van der Waals surface area contributed by atoms with E-state index in [1.54, 1.807) is 31.2 Å². The summed E-state index contributed by atoms with van der Waals surface area (Å²) in [5, 5.41) is 10.7. The fourth-order valence-electron chi connectivity index (χ4n) is 3.45. The minimum atomic E-state index is -3.70. The van der Waals surface area contributed by atoms with Crippen molar-refractivity contribution in [3.8, 4) is 22.6 Å². The van der Waals surface area contributed by atoms with Crippen LogP contribution in [0, 0.1) is 13.8 Å². The maximum Gasteiger partial charge on any atom is 0.264 e. The first-order valence-electron chi connectivity index (χ1n) is 10.5. The molecule has 0 saturated carbocycles. The van der Waals surface area contributed by atoms with E-state index in [4.69, 9.17) is 4.42 Å². The molecule has 0 aliphatic rings. The van der Waals surface area contributed by atoms with Crippen LogP contribution in [0.25, 0.3) is 22.6 Å². The highest BCUT2D eigenvalue weighted by Gasteiger charge is 2.14. The van der Waals surface area contributed by atoms with E-state index in [1.165, 1.54) is 12.1 Å². The van der Waals surface area contributed by atoms with Crippen LogP contribution in [0.5, 0.6) is 0 Å². The Morgan fingerprint density at radius 3 is 2.20 bits per heavy atom. The van der Waals surface area contributed by atoms with Gasteiger partial charge in [0.05, 0.1) is 6.26 Å². The third-order valence-electron chi connectivity index (χ3n) is 5.13. The van der Waals surface area contributed by atoms with Crippen LogP contribution in [-0.2, 0) is 10.0 Å². The number of sulfonamides is 1. The van der Waals surface area contributed by atoms with E-state index in [2.05, 4.69) is 15.5 Å². The van der Waals surface area contributed by atoms with E-state index in [1.807, 2.05) is 42.0 Å². The van der Waals surface area contributed by atoms with Crippen LogP contribution in [0.3, 0.4) is 0 Å². The number of carbonyl (C=O) groups excluding carboxylic acids is 2. The lowest BCUT2D eigenvalue weighted by Gasteiger charge is -2.10. The van der Waals surface area contributed by atoms with Crippen molar-refractivity contribution in [3.05, 3.63) is 89.3 Å². The largest absolute Gasteiger partial charge is 0.421 e. The molecule has 0 aliphatic heterocycles. The first-order chi connectivity index (χ1) is 16.6. The Bertz CT molecular complexity index is 1530. The lowest BCUT2D eigenvalue weighted by atomic mass is 9.97. The van der Waals surface area contributed by atoms with Gasteiger partial charge in [0.2, 0.25) is 21.8 Å². The van der Waals surface area contributed by atoms with Gasteiger partial charge in [-0.25, -0.2) is 13.1 Å². The Morgan fingerprint density at radius 1 is 0.829 bits per heavy atom. The molecule has 0 aliphatic carbocycles. The molecule has 9 nitrogen and oxygen atoms in total. The SMILES string of the molecule is Cc1nnc(-c2ccc(C)c(-c3ccc(C(=O)Nc4cccc(C(=O)NS(C)(=O)=O)c4)cc3)c2)o1. The van der Waals surface area contributed by atoms with Gasteiger partial charge in [-0.1, -0.05) is 24.3 Å². The van der Waals surface area contributed by atoms with Crippen molar-refractivity contribution in [1.29, 1.82) is 0 Å². The molecule has 35 heavy (non-hydrogen) atoms. The van der Waals surface area contributed by atoms with Gasteiger partial charge >= 0.3 is 0 Å². The normalized spacial score (nSPS) is 11.2. The third-order valence-corrected chi connectivity index (χ3v) is 5.69. The molecule has 0 bridgehead atoms. The number of nitrogens with one attached hydrogen (secondary N) is 2. The molecule has 10 heteroatoms. The van der Waals surface area contributed by atoms with E-state index >= 15 is 0 Å². The van der Waals surface area contributed by atoms with Crippen molar-refractivity contribution >= 4 is 27.5 Å². The van der Waals surface area contributed by atoms with Crippen molar-refractivity contribution in [2.75, 3.05) is 11.6 Å². The molecule has 1 heterocycles. The Balaban J connectivity index is 1.51. The molecule has 0 saturated heterocycles. The van der Waals surface area contributed by atoms with Crippen molar-refractivity contribution in [1.82, 2.24) is 14.9 Å². The second-order valence-electron chi connectivity index (χ2n) is 7.97. The zero-order valence-electron chi connectivity index (χ0n) is 19.2. The van der Waals surface area contributed by atoms with Crippen LogP contribution in [0.2, 0.25) is 0 Å². The van der Waals surface area contributed by atoms with Crippen LogP contribution in [0.15, 0.2) is 71.1 Å². The van der Waals surface area contributed by atoms with Gasteiger partial charge in [0.1, 0.15) is 0 Å². The second kappa shape index (κ2) is 9.51. The van der Waals surface area contributed by atoms with E-state index in [9.17, 15) is 18.0 Å². The topological polar surface area (TPSA) is 131 Å². The smallest absolute Gasteiger partial charge is 0.264 e. The molecule has 3 aromatic carbocycles. The Labute approximate surface area is 202 Å². The highest BCUT2D eigenvalue weighted by Crippen LogP contribution is 2.29. The fourth-order valence-corrected chi connectivity index (χ4v) is 3.90. The number of hydrogen-bond donors (Lipinski definition) is 2. The lowest BCUT2D eigenvalue weighted by molar-refractivity contribution is 0.0979. The zero-order valence-corrected chi connectivity index (χ0v) is 20.0. The van der Waals surface area contributed by atoms with Gasteiger partial charge < -0.3 is 9.73 Å². The summed E-state index contributed by atoms with van der Waals surface area (Å²) in [7, 11) is -3.70. The molecule has 0 atom stereocenters.